The Bertz CT molecular complexity index is 128. The molecule has 0 saturated carbocycles. The van der Waals surface area contributed by atoms with Gasteiger partial charge in [-0.2, -0.15) is 0 Å². The van der Waals surface area contributed by atoms with Crippen LogP contribution in [0.2, 0.25) is 0 Å². The molecule has 2 nitrogen and oxygen atoms in total. The maximum atomic E-state index is 5.61. The van der Waals surface area contributed by atoms with Gasteiger partial charge in [-0.05, 0) is 19.0 Å². The van der Waals surface area contributed by atoms with Gasteiger partial charge in [0.15, 0.2) is 0 Å². The highest BCUT2D eigenvalue weighted by Crippen LogP contribution is 1.97. The zero-order chi connectivity index (χ0) is 9.40. The van der Waals surface area contributed by atoms with Crippen LogP contribution in [0.25, 0.3) is 0 Å². The lowest BCUT2D eigenvalue weighted by Crippen LogP contribution is -2.23. The van der Waals surface area contributed by atoms with Crippen LogP contribution in [0.3, 0.4) is 0 Å². The van der Waals surface area contributed by atoms with E-state index in [0.717, 1.165) is 31.7 Å². The van der Waals surface area contributed by atoms with E-state index in [1.54, 1.807) is 7.11 Å². The molecule has 0 rings (SSSR count). The molecule has 12 heavy (non-hydrogen) atoms. The minimum atomic E-state index is 0.550. The van der Waals surface area contributed by atoms with Gasteiger partial charge < -0.3 is 9.64 Å². The number of hydrogen-bond acceptors (Lipinski definition) is 2. The minimum Gasteiger partial charge on any atom is -0.385 e. The van der Waals surface area contributed by atoms with Crippen molar-refractivity contribution in [2.24, 2.45) is 0 Å². The fourth-order valence-corrected chi connectivity index (χ4v) is 1.07. The third-order valence-electron chi connectivity index (χ3n) is 1.57. The van der Waals surface area contributed by atoms with Crippen LogP contribution >= 0.6 is 11.6 Å². The number of methoxy groups -OCH3 is 1. The molecule has 0 aliphatic rings. The molecule has 0 bridgehead atoms. The summed E-state index contributed by atoms with van der Waals surface area (Å²) >= 11 is 5.61. The van der Waals surface area contributed by atoms with E-state index < -0.39 is 0 Å². The van der Waals surface area contributed by atoms with E-state index in [2.05, 4.69) is 18.5 Å². The fourth-order valence-electron chi connectivity index (χ4n) is 0.982. The lowest BCUT2D eigenvalue weighted by Gasteiger charge is -2.16. The quantitative estimate of drug-likeness (QED) is 0.346. The smallest absolute Gasteiger partial charge is 0.0474 e. The van der Waals surface area contributed by atoms with Crippen molar-refractivity contribution in [3.63, 3.8) is 0 Å². The lowest BCUT2D eigenvalue weighted by atomic mass is 10.3. The van der Waals surface area contributed by atoms with Gasteiger partial charge in [-0.3, -0.25) is 0 Å². The Kier molecular flexibility index (Phi) is 7.56. The van der Waals surface area contributed by atoms with Gasteiger partial charge >= 0.3 is 0 Å². The second-order valence-electron chi connectivity index (χ2n) is 2.97. The van der Waals surface area contributed by atoms with E-state index in [9.17, 15) is 0 Å². The molecule has 72 valence electrons. The third-order valence-corrected chi connectivity index (χ3v) is 1.95. The first-order valence-electron chi connectivity index (χ1n) is 4.10. The standard InChI is InChI=1S/C9H18ClNO/c1-9(7-10)8-11(2)5-4-6-12-3/h1,4-8H2,2-3H3. The van der Waals surface area contributed by atoms with Crippen molar-refractivity contribution in [3.05, 3.63) is 12.2 Å². The molecule has 0 aliphatic carbocycles. The highest BCUT2D eigenvalue weighted by molar-refractivity contribution is 6.19. The average Bonchev–Trinajstić information content (AvgIpc) is 2.05. The van der Waals surface area contributed by atoms with Crippen LogP contribution in [-0.2, 0) is 4.74 Å². The molecule has 0 aromatic heterocycles. The predicted octanol–water partition coefficient (Wildman–Crippen LogP) is 1.75. The van der Waals surface area contributed by atoms with Gasteiger partial charge in [-0.1, -0.05) is 6.58 Å². The zero-order valence-corrected chi connectivity index (χ0v) is 8.73. The van der Waals surface area contributed by atoms with E-state index in [4.69, 9.17) is 16.3 Å². The second-order valence-corrected chi connectivity index (χ2v) is 3.24. The summed E-state index contributed by atoms with van der Waals surface area (Å²) in [6.07, 6.45) is 1.06. The van der Waals surface area contributed by atoms with E-state index >= 15 is 0 Å². The summed E-state index contributed by atoms with van der Waals surface area (Å²) in [7, 11) is 3.78. The number of halogens is 1. The molecule has 0 aliphatic heterocycles. The van der Waals surface area contributed by atoms with Gasteiger partial charge in [0.2, 0.25) is 0 Å². The number of ether oxygens (including phenoxy) is 1. The van der Waals surface area contributed by atoms with Gasteiger partial charge in [-0.25, -0.2) is 0 Å². The van der Waals surface area contributed by atoms with Crippen LogP contribution < -0.4 is 0 Å². The van der Waals surface area contributed by atoms with Gasteiger partial charge in [0.25, 0.3) is 0 Å². The maximum Gasteiger partial charge on any atom is 0.0474 e. The van der Waals surface area contributed by atoms with Crippen LogP contribution in [0, 0.1) is 0 Å². The Labute approximate surface area is 80.1 Å². The Hall–Kier alpha value is -0.0500. The normalized spacial score (nSPS) is 10.7. The molecular weight excluding hydrogens is 174 g/mol. The SMILES string of the molecule is C=C(CCl)CN(C)CCCOC. The van der Waals surface area contributed by atoms with Gasteiger partial charge in [-0.15, -0.1) is 11.6 Å². The predicted molar refractivity (Wildman–Crippen MR) is 53.9 cm³/mol. The first kappa shape index (κ1) is 11.9. The first-order chi connectivity index (χ1) is 5.70. The summed E-state index contributed by atoms with van der Waals surface area (Å²) in [6.45, 7) is 6.57. The van der Waals surface area contributed by atoms with Crippen molar-refractivity contribution < 1.29 is 4.74 Å². The molecule has 0 radical (unpaired) electrons. The number of nitrogens with zero attached hydrogens (tertiary/aromatic N) is 1. The first-order valence-corrected chi connectivity index (χ1v) is 4.64. The molecule has 0 unspecified atom stereocenters. The summed E-state index contributed by atoms with van der Waals surface area (Å²) in [5.74, 6) is 0.550. The van der Waals surface area contributed by atoms with Crippen molar-refractivity contribution in [2.75, 3.05) is 39.7 Å². The summed E-state index contributed by atoms with van der Waals surface area (Å²) in [5, 5.41) is 0. The molecular formula is C9H18ClNO. The molecule has 0 fully saturated rings. The van der Waals surface area contributed by atoms with E-state index in [0.29, 0.717) is 5.88 Å². The van der Waals surface area contributed by atoms with Crippen LogP contribution in [0.5, 0.6) is 0 Å². The topological polar surface area (TPSA) is 12.5 Å². The highest BCUT2D eigenvalue weighted by Gasteiger charge is 1.99. The zero-order valence-electron chi connectivity index (χ0n) is 7.98. The third kappa shape index (κ3) is 6.65. The largest absolute Gasteiger partial charge is 0.385 e. The minimum absolute atomic E-state index is 0.550. The highest BCUT2D eigenvalue weighted by atomic mass is 35.5. The summed E-state index contributed by atoms with van der Waals surface area (Å²) in [4.78, 5) is 2.20. The van der Waals surface area contributed by atoms with E-state index in [-0.39, 0.29) is 0 Å². The van der Waals surface area contributed by atoms with Crippen LogP contribution in [-0.4, -0.2) is 44.6 Å². The van der Waals surface area contributed by atoms with Crippen molar-refractivity contribution >= 4 is 11.6 Å². The Morgan fingerprint density at radius 2 is 2.25 bits per heavy atom. The fraction of sp³-hybridized carbons (Fsp3) is 0.778. The molecule has 0 aromatic rings. The van der Waals surface area contributed by atoms with Gasteiger partial charge in [0, 0.05) is 32.7 Å². The second kappa shape index (κ2) is 7.59. The molecule has 0 spiro atoms. The summed E-state index contributed by atoms with van der Waals surface area (Å²) < 4.78 is 4.95. The molecule has 0 saturated heterocycles. The molecule has 0 heterocycles. The van der Waals surface area contributed by atoms with Crippen LogP contribution in [0.4, 0.5) is 0 Å². The Morgan fingerprint density at radius 3 is 2.75 bits per heavy atom. The molecule has 0 atom stereocenters. The Balaban J connectivity index is 3.32. The van der Waals surface area contributed by atoms with Crippen molar-refractivity contribution in [1.82, 2.24) is 4.90 Å². The number of alkyl halides is 1. The molecule has 0 aromatic carbocycles. The summed E-state index contributed by atoms with van der Waals surface area (Å²) in [6, 6.07) is 0. The average molecular weight is 192 g/mol. The number of rotatable bonds is 7. The van der Waals surface area contributed by atoms with Crippen LogP contribution in [0.15, 0.2) is 12.2 Å². The number of hydrogen-bond donors (Lipinski definition) is 0. The number of likely N-dealkylation sites (N-methyl/N-ethyl adjacent to an activating group) is 1. The molecule has 3 heteroatoms. The van der Waals surface area contributed by atoms with E-state index in [1.165, 1.54) is 0 Å². The van der Waals surface area contributed by atoms with Crippen molar-refractivity contribution in [2.45, 2.75) is 6.42 Å². The van der Waals surface area contributed by atoms with E-state index in [1.807, 2.05) is 0 Å². The monoisotopic (exact) mass is 191 g/mol. The van der Waals surface area contributed by atoms with Gasteiger partial charge in [0.05, 0.1) is 0 Å². The van der Waals surface area contributed by atoms with Gasteiger partial charge in [0.1, 0.15) is 0 Å². The maximum absolute atomic E-state index is 5.61. The Morgan fingerprint density at radius 1 is 1.58 bits per heavy atom. The van der Waals surface area contributed by atoms with Crippen molar-refractivity contribution in [1.29, 1.82) is 0 Å². The summed E-state index contributed by atoms with van der Waals surface area (Å²) in [5.41, 5.74) is 1.07. The molecule has 0 N–H and O–H groups in total. The molecule has 0 amide bonds. The van der Waals surface area contributed by atoms with Crippen molar-refractivity contribution in [3.8, 4) is 0 Å². The lowest BCUT2D eigenvalue weighted by molar-refractivity contribution is 0.181. The van der Waals surface area contributed by atoms with Crippen LogP contribution in [0.1, 0.15) is 6.42 Å².